The summed E-state index contributed by atoms with van der Waals surface area (Å²) in [7, 11) is 0. The zero-order valence-corrected chi connectivity index (χ0v) is 16.0. The second-order valence-electron chi connectivity index (χ2n) is 5.29. The molecule has 2 aromatic carbocycles. The summed E-state index contributed by atoms with van der Waals surface area (Å²) >= 11 is 2.33. The van der Waals surface area contributed by atoms with Crippen LogP contribution in [0, 0.1) is 3.57 Å². The molecule has 0 aromatic heterocycles. The highest BCUT2D eigenvalue weighted by atomic mass is 127. The fourth-order valence-corrected chi connectivity index (χ4v) is 3.29. The first-order chi connectivity index (χ1) is 11.2. The number of halogens is 1. The Bertz CT molecular complexity index is 602. The van der Waals surface area contributed by atoms with Crippen LogP contribution in [0.15, 0.2) is 42.5 Å². The van der Waals surface area contributed by atoms with Crippen molar-refractivity contribution >= 4 is 22.6 Å². The van der Waals surface area contributed by atoms with Gasteiger partial charge in [-0.25, -0.2) is 0 Å². The fraction of sp³-hybridized carbons (Fsp3) is 0.368. The number of nitrogens with two attached hydrogens (primary N) is 1. The quantitative estimate of drug-likeness (QED) is 0.493. The summed E-state index contributed by atoms with van der Waals surface area (Å²) in [6.07, 6.45) is 1.09. The van der Waals surface area contributed by atoms with Crippen LogP contribution in [0.1, 0.15) is 25.0 Å². The minimum atomic E-state index is 0.650. The Balaban J connectivity index is 1.94. The zero-order valence-electron chi connectivity index (χ0n) is 13.8. The van der Waals surface area contributed by atoms with Gasteiger partial charge in [0.1, 0.15) is 6.54 Å². The molecule has 2 aromatic rings. The van der Waals surface area contributed by atoms with E-state index in [0.29, 0.717) is 13.2 Å². The fourth-order valence-electron chi connectivity index (χ4n) is 2.47. The van der Waals surface area contributed by atoms with Gasteiger partial charge in [0, 0.05) is 12.0 Å². The lowest BCUT2D eigenvalue weighted by Crippen LogP contribution is -2.83. The van der Waals surface area contributed by atoms with Gasteiger partial charge in [-0.2, -0.15) is 0 Å². The molecule has 0 fully saturated rings. The first-order valence-electron chi connectivity index (χ1n) is 8.18. The lowest BCUT2D eigenvalue weighted by Gasteiger charge is -2.14. The van der Waals surface area contributed by atoms with Crippen LogP contribution in [0.2, 0.25) is 0 Å². The second kappa shape index (κ2) is 9.78. The molecule has 2 N–H and O–H groups in total. The van der Waals surface area contributed by atoms with Crippen molar-refractivity contribution in [1.29, 1.82) is 0 Å². The SMILES string of the molecule is CCOc1cc(C[NH2+]CCc2ccccc2)cc(I)c1OCC. The van der Waals surface area contributed by atoms with E-state index in [1.807, 2.05) is 13.8 Å². The molecule has 2 rings (SSSR count). The topological polar surface area (TPSA) is 35.1 Å². The summed E-state index contributed by atoms with van der Waals surface area (Å²) in [4.78, 5) is 0. The van der Waals surface area contributed by atoms with Crippen molar-refractivity contribution in [3.05, 3.63) is 57.2 Å². The molecule has 23 heavy (non-hydrogen) atoms. The van der Waals surface area contributed by atoms with E-state index >= 15 is 0 Å². The molecule has 0 aliphatic rings. The Labute approximate surface area is 152 Å². The summed E-state index contributed by atoms with van der Waals surface area (Å²) in [6.45, 7) is 7.33. The van der Waals surface area contributed by atoms with Gasteiger partial charge in [0.2, 0.25) is 0 Å². The van der Waals surface area contributed by atoms with Crippen molar-refractivity contribution in [2.24, 2.45) is 0 Å². The highest BCUT2D eigenvalue weighted by Crippen LogP contribution is 2.34. The lowest BCUT2D eigenvalue weighted by atomic mass is 10.1. The van der Waals surface area contributed by atoms with E-state index in [1.54, 1.807) is 0 Å². The predicted octanol–water partition coefficient (Wildman–Crippen LogP) is 3.39. The average molecular weight is 426 g/mol. The van der Waals surface area contributed by atoms with E-state index in [0.717, 1.165) is 34.6 Å². The van der Waals surface area contributed by atoms with Gasteiger partial charge in [0.25, 0.3) is 0 Å². The second-order valence-corrected chi connectivity index (χ2v) is 6.45. The molecule has 0 radical (unpaired) electrons. The number of rotatable bonds is 9. The predicted molar refractivity (Wildman–Crippen MR) is 102 cm³/mol. The van der Waals surface area contributed by atoms with Crippen LogP contribution in [0.3, 0.4) is 0 Å². The third-order valence-corrected chi connectivity index (χ3v) is 4.32. The first kappa shape index (κ1) is 18.1. The van der Waals surface area contributed by atoms with Gasteiger partial charge >= 0.3 is 0 Å². The summed E-state index contributed by atoms with van der Waals surface area (Å²) in [6, 6.07) is 14.9. The molecule has 124 valence electrons. The Morgan fingerprint density at radius 1 is 0.957 bits per heavy atom. The number of quaternary nitrogens is 1. The first-order valence-corrected chi connectivity index (χ1v) is 9.26. The summed E-state index contributed by atoms with van der Waals surface area (Å²) in [5.41, 5.74) is 2.66. The molecule has 0 bridgehead atoms. The van der Waals surface area contributed by atoms with Crippen molar-refractivity contribution < 1.29 is 14.8 Å². The van der Waals surface area contributed by atoms with E-state index in [1.165, 1.54) is 11.1 Å². The molecule has 0 unspecified atom stereocenters. The molecule has 3 nitrogen and oxygen atoms in total. The van der Waals surface area contributed by atoms with Crippen LogP contribution < -0.4 is 14.8 Å². The molecule has 0 atom stereocenters. The van der Waals surface area contributed by atoms with Crippen LogP contribution in [0.25, 0.3) is 0 Å². The maximum atomic E-state index is 5.74. The van der Waals surface area contributed by atoms with E-state index < -0.39 is 0 Å². The molecule has 0 aliphatic heterocycles. The van der Waals surface area contributed by atoms with Gasteiger partial charge < -0.3 is 14.8 Å². The van der Waals surface area contributed by atoms with E-state index in [2.05, 4.69) is 70.4 Å². The number of benzene rings is 2. The molecule has 0 saturated carbocycles. The van der Waals surface area contributed by atoms with Gasteiger partial charge in [0.05, 0.1) is 23.3 Å². The van der Waals surface area contributed by atoms with Gasteiger partial charge in [0.15, 0.2) is 11.5 Å². The maximum absolute atomic E-state index is 5.74. The Morgan fingerprint density at radius 3 is 2.39 bits per heavy atom. The van der Waals surface area contributed by atoms with Crippen LogP contribution in [-0.4, -0.2) is 19.8 Å². The van der Waals surface area contributed by atoms with Gasteiger partial charge in [-0.15, -0.1) is 0 Å². The third-order valence-electron chi connectivity index (χ3n) is 3.52. The largest absolute Gasteiger partial charge is 0.490 e. The minimum absolute atomic E-state index is 0.650. The third kappa shape index (κ3) is 5.70. The summed E-state index contributed by atoms with van der Waals surface area (Å²) < 4.78 is 12.6. The molecule has 4 heteroatoms. The number of ether oxygens (including phenoxy) is 2. The molecule has 0 heterocycles. The maximum Gasteiger partial charge on any atom is 0.174 e. The number of hydrogen-bond acceptors (Lipinski definition) is 2. The monoisotopic (exact) mass is 426 g/mol. The van der Waals surface area contributed by atoms with Gasteiger partial charge in [-0.3, -0.25) is 0 Å². The number of hydrogen-bond donors (Lipinski definition) is 1. The van der Waals surface area contributed by atoms with Crippen molar-refractivity contribution in [2.75, 3.05) is 19.8 Å². The van der Waals surface area contributed by atoms with Gasteiger partial charge in [-0.05, 0) is 54.1 Å². The van der Waals surface area contributed by atoms with Crippen molar-refractivity contribution in [3.63, 3.8) is 0 Å². The van der Waals surface area contributed by atoms with Crippen LogP contribution >= 0.6 is 22.6 Å². The van der Waals surface area contributed by atoms with E-state index in [9.17, 15) is 0 Å². The van der Waals surface area contributed by atoms with Crippen molar-refractivity contribution in [3.8, 4) is 11.5 Å². The highest BCUT2D eigenvalue weighted by Gasteiger charge is 2.12. The summed E-state index contributed by atoms with van der Waals surface area (Å²) in [5.74, 6) is 1.72. The lowest BCUT2D eigenvalue weighted by molar-refractivity contribution is -0.670. The molecule has 0 amide bonds. The van der Waals surface area contributed by atoms with Crippen molar-refractivity contribution in [1.82, 2.24) is 0 Å². The summed E-state index contributed by atoms with van der Waals surface area (Å²) in [5, 5.41) is 2.34. The normalized spacial score (nSPS) is 10.6. The van der Waals surface area contributed by atoms with E-state index in [-0.39, 0.29) is 0 Å². The van der Waals surface area contributed by atoms with Crippen LogP contribution in [0.5, 0.6) is 11.5 Å². The molecular formula is C19H25INO2+. The standard InChI is InChI=1S/C19H24INO2/c1-3-22-18-13-16(12-17(20)19(18)23-4-2)14-21-11-10-15-8-6-5-7-9-15/h5-9,12-13,21H,3-4,10-11,14H2,1-2H3/p+1. The molecule has 0 aliphatic carbocycles. The molecule has 0 spiro atoms. The average Bonchev–Trinajstić information content (AvgIpc) is 2.56. The smallest absolute Gasteiger partial charge is 0.174 e. The highest BCUT2D eigenvalue weighted by molar-refractivity contribution is 14.1. The van der Waals surface area contributed by atoms with Crippen LogP contribution in [0.4, 0.5) is 0 Å². The van der Waals surface area contributed by atoms with Crippen LogP contribution in [-0.2, 0) is 13.0 Å². The zero-order chi connectivity index (χ0) is 16.5. The Morgan fingerprint density at radius 2 is 1.70 bits per heavy atom. The van der Waals surface area contributed by atoms with Gasteiger partial charge in [-0.1, -0.05) is 30.3 Å². The Kier molecular flexibility index (Phi) is 7.68. The Hall–Kier alpha value is -1.27. The van der Waals surface area contributed by atoms with Crippen molar-refractivity contribution in [2.45, 2.75) is 26.8 Å². The molecular weight excluding hydrogens is 401 g/mol. The van der Waals surface area contributed by atoms with E-state index in [4.69, 9.17) is 9.47 Å². The molecule has 0 saturated heterocycles. The minimum Gasteiger partial charge on any atom is -0.490 e.